The largest absolute Gasteiger partial charge is 0.355 e. The number of hydrogen-bond acceptors (Lipinski definition) is 2. The first-order valence-electron chi connectivity index (χ1n) is 6.16. The lowest BCUT2D eigenvalue weighted by molar-refractivity contribution is -0.126. The van der Waals surface area contributed by atoms with Crippen LogP contribution in [0.25, 0.3) is 6.08 Å². The van der Waals surface area contributed by atoms with Crippen molar-refractivity contribution in [1.29, 1.82) is 0 Å². The van der Waals surface area contributed by atoms with Crippen molar-refractivity contribution < 1.29 is 14.0 Å². The van der Waals surface area contributed by atoms with Crippen LogP contribution in [0.3, 0.4) is 0 Å². The lowest BCUT2D eigenvalue weighted by Crippen LogP contribution is -2.44. The third-order valence-electron chi connectivity index (χ3n) is 2.50. The van der Waals surface area contributed by atoms with Crippen LogP contribution in [0.4, 0.5) is 4.39 Å². The van der Waals surface area contributed by atoms with Gasteiger partial charge in [-0.1, -0.05) is 17.7 Å². The van der Waals surface area contributed by atoms with E-state index in [4.69, 9.17) is 11.6 Å². The zero-order valence-electron chi connectivity index (χ0n) is 11.2. The highest BCUT2D eigenvalue weighted by molar-refractivity contribution is 6.32. The summed E-state index contributed by atoms with van der Waals surface area (Å²) in [5.41, 5.74) is 0.134. The molecule has 2 amide bonds. The van der Waals surface area contributed by atoms with Crippen molar-refractivity contribution in [2.24, 2.45) is 0 Å². The zero-order valence-corrected chi connectivity index (χ0v) is 12.0. The van der Waals surface area contributed by atoms with Gasteiger partial charge in [0.15, 0.2) is 0 Å². The second-order valence-electron chi connectivity index (χ2n) is 4.09. The average Bonchev–Trinajstić information content (AvgIpc) is 2.38. The van der Waals surface area contributed by atoms with Gasteiger partial charge >= 0.3 is 0 Å². The molecule has 1 aromatic rings. The molecule has 0 aliphatic rings. The maximum Gasteiger partial charge on any atom is 0.244 e. The van der Waals surface area contributed by atoms with E-state index in [0.29, 0.717) is 6.54 Å². The molecule has 1 aromatic carbocycles. The van der Waals surface area contributed by atoms with Gasteiger partial charge in [-0.05, 0) is 32.1 Å². The number of carbonyl (C=O) groups excluding carboxylic acids is 2. The van der Waals surface area contributed by atoms with Gasteiger partial charge in [0.1, 0.15) is 11.9 Å². The van der Waals surface area contributed by atoms with Crippen molar-refractivity contribution in [3.63, 3.8) is 0 Å². The summed E-state index contributed by atoms with van der Waals surface area (Å²) in [4.78, 5) is 23.0. The minimum absolute atomic E-state index is 0.134. The Morgan fingerprint density at radius 1 is 1.45 bits per heavy atom. The summed E-state index contributed by atoms with van der Waals surface area (Å²) in [6.45, 7) is 3.83. The van der Waals surface area contributed by atoms with Gasteiger partial charge < -0.3 is 10.6 Å². The maximum absolute atomic E-state index is 13.5. The van der Waals surface area contributed by atoms with E-state index in [1.807, 2.05) is 0 Å². The quantitative estimate of drug-likeness (QED) is 0.818. The van der Waals surface area contributed by atoms with E-state index in [9.17, 15) is 14.0 Å². The molecule has 0 unspecified atom stereocenters. The van der Waals surface area contributed by atoms with E-state index in [1.165, 1.54) is 24.3 Å². The van der Waals surface area contributed by atoms with E-state index in [0.717, 1.165) is 6.08 Å². The molecule has 2 N–H and O–H groups in total. The Hall–Kier alpha value is -1.88. The van der Waals surface area contributed by atoms with E-state index < -0.39 is 17.8 Å². The summed E-state index contributed by atoms with van der Waals surface area (Å²) in [6.07, 6.45) is 2.41. The predicted molar refractivity (Wildman–Crippen MR) is 76.7 cm³/mol. The van der Waals surface area contributed by atoms with Gasteiger partial charge in [0.2, 0.25) is 11.8 Å². The molecular weight excluding hydrogens is 283 g/mol. The molecule has 0 saturated carbocycles. The first-order chi connectivity index (χ1) is 9.45. The molecule has 0 saturated heterocycles. The SMILES string of the molecule is CCNC(=O)[C@H](C)NC(=O)/C=C/c1c(F)cccc1Cl. The lowest BCUT2D eigenvalue weighted by Gasteiger charge is -2.11. The fourth-order valence-corrected chi connectivity index (χ4v) is 1.71. The zero-order chi connectivity index (χ0) is 15.1. The molecule has 1 rings (SSSR count). The molecule has 0 bridgehead atoms. The molecule has 20 heavy (non-hydrogen) atoms. The molecule has 0 spiro atoms. The van der Waals surface area contributed by atoms with Crippen molar-refractivity contribution in [2.75, 3.05) is 6.54 Å². The highest BCUT2D eigenvalue weighted by Gasteiger charge is 2.13. The fourth-order valence-electron chi connectivity index (χ4n) is 1.48. The third kappa shape index (κ3) is 4.66. The Morgan fingerprint density at radius 3 is 2.75 bits per heavy atom. The Kier molecular flexibility index (Phi) is 6.18. The first kappa shape index (κ1) is 16.2. The van der Waals surface area contributed by atoms with E-state index in [-0.39, 0.29) is 16.5 Å². The van der Waals surface area contributed by atoms with Crippen molar-refractivity contribution in [1.82, 2.24) is 10.6 Å². The van der Waals surface area contributed by atoms with Crippen molar-refractivity contribution in [3.8, 4) is 0 Å². The lowest BCUT2D eigenvalue weighted by atomic mass is 10.2. The summed E-state index contributed by atoms with van der Waals surface area (Å²) < 4.78 is 13.5. The minimum Gasteiger partial charge on any atom is -0.355 e. The van der Waals surface area contributed by atoms with Crippen molar-refractivity contribution in [2.45, 2.75) is 19.9 Å². The molecule has 108 valence electrons. The molecule has 4 nitrogen and oxygen atoms in total. The summed E-state index contributed by atoms with van der Waals surface area (Å²) in [5, 5.41) is 5.27. The highest BCUT2D eigenvalue weighted by Crippen LogP contribution is 2.20. The molecule has 0 aliphatic carbocycles. The monoisotopic (exact) mass is 298 g/mol. The van der Waals surface area contributed by atoms with Gasteiger partial charge in [-0.25, -0.2) is 4.39 Å². The molecule has 6 heteroatoms. The Morgan fingerprint density at radius 2 is 2.15 bits per heavy atom. The van der Waals surface area contributed by atoms with Gasteiger partial charge in [0.05, 0.1) is 5.02 Å². The highest BCUT2D eigenvalue weighted by atomic mass is 35.5. The normalized spacial score (nSPS) is 12.2. The number of likely N-dealkylation sites (N-methyl/N-ethyl adjacent to an activating group) is 1. The topological polar surface area (TPSA) is 58.2 Å². The van der Waals surface area contributed by atoms with Crippen LogP contribution in [0, 0.1) is 5.82 Å². The number of rotatable bonds is 5. The Labute approximate surface area is 122 Å². The molecule has 0 radical (unpaired) electrons. The second-order valence-corrected chi connectivity index (χ2v) is 4.50. The van der Waals surface area contributed by atoms with Crippen LogP contribution >= 0.6 is 11.6 Å². The average molecular weight is 299 g/mol. The summed E-state index contributed by atoms with van der Waals surface area (Å²) in [5.74, 6) is -1.29. The van der Waals surface area contributed by atoms with Gasteiger partial charge in [0, 0.05) is 18.2 Å². The maximum atomic E-state index is 13.5. The van der Waals surface area contributed by atoms with Gasteiger partial charge in [-0.3, -0.25) is 9.59 Å². The van der Waals surface area contributed by atoms with Crippen LogP contribution in [-0.2, 0) is 9.59 Å². The minimum atomic E-state index is -0.664. The van der Waals surface area contributed by atoms with Gasteiger partial charge in [-0.2, -0.15) is 0 Å². The van der Waals surface area contributed by atoms with Crippen LogP contribution in [0.2, 0.25) is 5.02 Å². The van der Waals surface area contributed by atoms with Gasteiger partial charge in [-0.15, -0.1) is 0 Å². The van der Waals surface area contributed by atoms with Crippen molar-refractivity contribution in [3.05, 3.63) is 40.7 Å². The summed E-state index contributed by atoms with van der Waals surface area (Å²) >= 11 is 5.82. The molecule has 1 atom stereocenters. The van der Waals surface area contributed by atoms with Crippen LogP contribution in [-0.4, -0.2) is 24.4 Å². The van der Waals surface area contributed by atoms with E-state index >= 15 is 0 Å². The summed E-state index contributed by atoms with van der Waals surface area (Å²) in [6, 6.07) is 3.59. The summed E-state index contributed by atoms with van der Waals surface area (Å²) in [7, 11) is 0. The molecule has 0 fully saturated rings. The van der Waals surface area contributed by atoms with E-state index in [2.05, 4.69) is 10.6 Å². The van der Waals surface area contributed by atoms with Crippen LogP contribution in [0.15, 0.2) is 24.3 Å². The number of amides is 2. The molecule has 0 aromatic heterocycles. The van der Waals surface area contributed by atoms with Crippen molar-refractivity contribution >= 4 is 29.5 Å². The first-order valence-corrected chi connectivity index (χ1v) is 6.53. The molecule has 0 heterocycles. The standard InChI is InChI=1S/C14H16ClFN2O2/c1-3-17-14(20)9(2)18-13(19)8-7-10-11(15)5-4-6-12(10)16/h4-9H,3H2,1-2H3,(H,17,20)(H,18,19)/b8-7+/t9-/m0/s1. The smallest absolute Gasteiger partial charge is 0.244 e. The second kappa shape index (κ2) is 7.65. The number of carbonyl (C=O) groups is 2. The third-order valence-corrected chi connectivity index (χ3v) is 2.83. The number of hydrogen-bond donors (Lipinski definition) is 2. The number of nitrogens with one attached hydrogen (secondary N) is 2. The Balaban J connectivity index is 2.67. The van der Waals surface area contributed by atoms with Crippen LogP contribution in [0.1, 0.15) is 19.4 Å². The van der Waals surface area contributed by atoms with Crippen LogP contribution in [0.5, 0.6) is 0 Å². The number of benzene rings is 1. The molecular formula is C14H16ClFN2O2. The predicted octanol–water partition coefficient (Wildman–Crippen LogP) is 2.13. The van der Waals surface area contributed by atoms with Crippen LogP contribution < -0.4 is 10.6 Å². The van der Waals surface area contributed by atoms with E-state index in [1.54, 1.807) is 13.8 Å². The Bertz CT molecular complexity index is 512. The number of halogens is 2. The van der Waals surface area contributed by atoms with Gasteiger partial charge in [0.25, 0.3) is 0 Å². The fraction of sp³-hybridized carbons (Fsp3) is 0.286. The molecule has 0 aliphatic heterocycles.